The number of aryl methyl sites for hydroxylation is 1. The molecule has 0 unspecified atom stereocenters. The van der Waals surface area contributed by atoms with Gasteiger partial charge in [-0.25, -0.2) is 4.85 Å². The molecule has 4 heteroatoms. The second-order valence-electron chi connectivity index (χ2n) is 3.73. The molecule has 1 amide bonds. The van der Waals surface area contributed by atoms with Crippen LogP contribution in [-0.4, -0.2) is 10.9 Å². The third kappa shape index (κ3) is 1.91. The van der Waals surface area contributed by atoms with E-state index in [4.69, 9.17) is 12.3 Å². The van der Waals surface area contributed by atoms with Gasteiger partial charge in [0.1, 0.15) is 0 Å². The highest BCUT2D eigenvalue weighted by Gasteiger charge is 2.14. The van der Waals surface area contributed by atoms with Gasteiger partial charge in [0.05, 0.1) is 12.1 Å². The van der Waals surface area contributed by atoms with Crippen molar-refractivity contribution in [2.45, 2.75) is 6.92 Å². The van der Waals surface area contributed by atoms with Crippen molar-refractivity contribution in [1.29, 1.82) is 0 Å². The van der Waals surface area contributed by atoms with Crippen molar-refractivity contribution in [3.8, 4) is 11.1 Å². The number of nitrogens with zero attached hydrogens (tertiary/aromatic N) is 1. The summed E-state index contributed by atoms with van der Waals surface area (Å²) >= 11 is 0. The number of rotatable bonds is 2. The van der Waals surface area contributed by atoms with E-state index >= 15 is 0 Å². The number of aromatic amines is 1. The summed E-state index contributed by atoms with van der Waals surface area (Å²) in [6.07, 6.45) is 1.75. The molecule has 0 radical (unpaired) electrons. The minimum absolute atomic E-state index is 0.451. The van der Waals surface area contributed by atoms with Crippen LogP contribution in [0, 0.1) is 13.5 Å². The quantitative estimate of drug-likeness (QED) is 0.758. The first-order valence-electron chi connectivity index (χ1n) is 5.09. The molecule has 0 aliphatic heterocycles. The summed E-state index contributed by atoms with van der Waals surface area (Å²) in [6, 6.07) is 7.05. The van der Waals surface area contributed by atoms with E-state index in [2.05, 4.69) is 9.83 Å². The Morgan fingerprint density at radius 3 is 2.53 bits per heavy atom. The largest absolute Gasteiger partial charge is 0.366 e. The fraction of sp³-hybridized carbons (Fsp3) is 0.0769. The lowest BCUT2D eigenvalue weighted by atomic mass is 10.0. The van der Waals surface area contributed by atoms with Crippen LogP contribution >= 0.6 is 0 Å². The summed E-state index contributed by atoms with van der Waals surface area (Å²) in [4.78, 5) is 17.7. The Balaban J connectivity index is 2.53. The number of hydrogen-bond acceptors (Lipinski definition) is 1. The number of nitrogens with one attached hydrogen (secondary N) is 1. The summed E-state index contributed by atoms with van der Waals surface area (Å²) < 4.78 is 0. The molecule has 1 heterocycles. The number of carbonyl (C=O) groups excluding carboxylic acids is 1. The van der Waals surface area contributed by atoms with Crippen LogP contribution in [-0.2, 0) is 0 Å². The highest BCUT2D eigenvalue weighted by atomic mass is 16.1. The van der Waals surface area contributed by atoms with Gasteiger partial charge in [-0.1, -0.05) is 24.3 Å². The number of amides is 1. The minimum Gasteiger partial charge on any atom is -0.366 e. The van der Waals surface area contributed by atoms with Gasteiger partial charge in [0.15, 0.2) is 5.69 Å². The molecule has 3 N–H and O–H groups in total. The third-order valence-electron chi connectivity index (χ3n) is 2.63. The fourth-order valence-corrected chi connectivity index (χ4v) is 1.79. The monoisotopic (exact) mass is 225 g/mol. The van der Waals surface area contributed by atoms with Crippen LogP contribution < -0.4 is 5.73 Å². The number of nitrogens with two attached hydrogens (primary N) is 1. The minimum atomic E-state index is -0.451. The zero-order valence-corrected chi connectivity index (χ0v) is 9.32. The van der Waals surface area contributed by atoms with Crippen molar-refractivity contribution >= 4 is 11.6 Å². The van der Waals surface area contributed by atoms with Crippen LogP contribution in [0.1, 0.15) is 16.1 Å². The van der Waals surface area contributed by atoms with Gasteiger partial charge in [-0.3, -0.25) is 4.79 Å². The Morgan fingerprint density at radius 1 is 1.35 bits per heavy atom. The van der Waals surface area contributed by atoms with E-state index < -0.39 is 5.91 Å². The van der Waals surface area contributed by atoms with E-state index in [1.807, 2.05) is 12.1 Å². The van der Waals surface area contributed by atoms with Gasteiger partial charge in [-0.05, 0) is 12.5 Å². The molecule has 0 saturated carbocycles. The predicted octanol–water partition coefficient (Wildman–Crippen LogP) is 2.64. The van der Waals surface area contributed by atoms with Gasteiger partial charge in [0, 0.05) is 17.5 Å². The van der Waals surface area contributed by atoms with Crippen molar-refractivity contribution in [1.82, 2.24) is 4.98 Å². The molecule has 0 bridgehead atoms. The van der Waals surface area contributed by atoms with Crippen molar-refractivity contribution in [3.63, 3.8) is 0 Å². The van der Waals surface area contributed by atoms with E-state index in [0.717, 1.165) is 16.8 Å². The Morgan fingerprint density at radius 2 is 2.00 bits per heavy atom. The predicted molar refractivity (Wildman–Crippen MR) is 65.7 cm³/mol. The topological polar surface area (TPSA) is 63.2 Å². The van der Waals surface area contributed by atoms with E-state index in [1.165, 1.54) is 0 Å². The van der Waals surface area contributed by atoms with Gasteiger partial charge >= 0.3 is 0 Å². The molecule has 4 nitrogen and oxygen atoms in total. The van der Waals surface area contributed by atoms with E-state index in [0.29, 0.717) is 11.3 Å². The molecule has 0 fully saturated rings. The van der Waals surface area contributed by atoms with Crippen LogP contribution in [0.2, 0.25) is 0 Å². The Kier molecular flexibility index (Phi) is 2.67. The van der Waals surface area contributed by atoms with Crippen LogP contribution in [0.15, 0.2) is 30.5 Å². The Hall–Kier alpha value is -2.54. The number of aromatic nitrogens is 1. The maximum Gasteiger partial charge on any atom is 0.251 e. The standard InChI is InChI=1S/C13H11N3O/c1-8-12(13(14)17)11(7-16-8)9-3-5-10(15-2)6-4-9/h3-7,16H,1H3,(H2,14,17). The molecule has 0 aliphatic rings. The zero-order chi connectivity index (χ0) is 12.4. The van der Waals surface area contributed by atoms with Gasteiger partial charge < -0.3 is 10.7 Å². The second-order valence-corrected chi connectivity index (χ2v) is 3.73. The summed E-state index contributed by atoms with van der Waals surface area (Å²) in [6.45, 7) is 8.68. The SMILES string of the molecule is [C-]#[N+]c1ccc(-c2c[nH]c(C)c2C(N)=O)cc1. The molecule has 84 valence electrons. The summed E-state index contributed by atoms with van der Waals surface area (Å²) in [5.74, 6) is -0.451. The molecule has 0 spiro atoms. The van der Waals surface area contributed by atoms with Crippen LogP contribution in [0.4, 0.5) is 5.69 Å². The van der Waals surface area contributed by atoms with E-state index in [1.54, 1.807) is 25.3 Å². The molecule has 2 rings (SSSR count). The maximum atomic E-state index is 11.4. The normalized spacial score (nSPS) is 9.88. The van der Waals surface area contributed by atoms with Crippen LogP contribution in [0.3, 0.4) is 0 Å². The van der Waals surface area contributed by atoms with E-state index in [9.17, 15) is 4.79 Å². The smallest absolute Gasteiger partial charge is 0.251 e. The summed E-state index contributed by atoms with van der Waals surface area (Å²) in [5, 5.41) is 0. The highest BCUT2D eigenvalue weighted by Crippen LogP contribution is 2.27. The number of benzene rings is 1. The molecule has 17 heavy (non-hydrogen) atoms. The number of carbonyl (C=O) groups is 1. The molecular weight excluding hydrogens is 214 g/mol. The fourth-order valence-electron chi connectivity index (χ4n) is 1.79. The van der Waals surface area contributed by atoms with Gasteiger partial charge in [0.2, 0.25) is 0 Å². The second kappa shape index (κ2) is 4.14. The highest BCUT2D eigenvalue weighted by molar-refractivity contribution is 6.01. The van der Waals surface area contributed by atoms with Crippen molar-refractivity contribution in [2.75, 3.05) is 0 Å². The lowest BCUT2D eigenvalue weighted by Gasteiger charge is -2.02. The lowest BCUT2D eigenvalue weighted by molar-refractivity contribution is 0.100. The van der Waals surface area contributed by atoms with E-state index in [-0.39, 0.29) is 0 Å². The first kappa shape index (κ1) is 11.0. The van der Waals surface area contributed by atoms with Crippen molar-refractivity contribution in [2.24, 2.45) is 5.73 Å². The first-order chi connectivity index (χ1) is 8.13. The molecule has 0 aliphatic carbocycles. The summed E-state index contributed by atoms with van der Waals surface area (Å²) in [5.41, 5.74) is 8.81. The number of H-pyrrole nitrogens is 1. The van der Waals surface area contributed by atoms with Crippen molar-refractivity contribution < 1.29 is 4.79 Å². The van der Waals surface area contributed by atoms with Gasteiger partial charge in [-0.2, -0.15) is 0 Å². The summed E-state index contributed by atoms with van der Waals surface area (Å²) in [7, 11) is 0. The average Bonchev–Trinajstić information content (AvgIpc) is 2.71. The molecule has 1 aromatic heterocycles. The first-order valence-corrected chi connectivity index (χ1v) is 5.09. The molecule has 1 aromatic carbocycles. The molecule has 0 atom stereocenters. The van der Waals surface area contributed by atoms with Gasteiger partial charge in [0.25, 0.3) is 5.91 Å². The van der Waals surface area contributed by atoms with Gasteiger partial charge in [-0.15, -0.1) is 0 Å². The van der Waals surface area contributed by atoms with Crippen molar-refractivity contribution in [3.05, 3.63) is 53.1 Å². The Labute approximate surface area is 98.9 Å². The average molecular weight is 225 g/mol. The number of primary amides is 1. The number of hydrogen-bond donors (Lipinski definition) is 2. The molecule has 2 aromatic rings. The lowest BCUT2D eigenvalue weighted by Crippen LogP contribution is -2.12. The Bertz CT molecular complexity index is 603. The third-order valence-corrected chi connectivity index (χ3v) is 2.63. The zero-order valence-electron chi connectivity index (χ0n) is 9.32. The molecule has 0 saturated heterocycles. The van der Waals surface area contributed by atoms with Crippen LogP contribution in [0.25, 0.3) is 16.0 Å². The maximum absolute atomic E-state index is 11.4. The van der Waals surface area contributed by atoms with Crippen LogP contribution in [0.5, 0.6) is 0 Å². The molecular formula is C13H11N3O.